The average Bonchev–Trinajstić information content (AvgIpc) is 3.13. The zero-order chi connectivity index (χ0) is 13.6. The van der Waals surface area contributed by atoms with E-state index in [-0.39, 0.29) is 6.61 Å². The highest BCUT2D eigenvalue weighted by Crippen LogP contribution is 2.45. The summed E-state index contributed by atoms with van der Waals surface area (Å²) in [6.45, 7) is 8.24. The second-order valence-electron chi connectivity index (χ2n) is 6.45. The van der Waals surface area contributed by atoms with Gasteiger partial charge in [-0.3, -0.25) is 0 Å². The molecule has 0 spiro atoms. The van der Waals surface area contributed by atoms with Crippen molar-refractivity contribution in [2.75, 3.05) is 11.4 Å². The molecule has 1 aromatic rings. The molecule has 106 valence electrons. The van der Waals surface area contributed by atoms with Gasteiger partial charge in [0.15, 0.2) is 5.13 Å². The van der Waals surface area contributed by atoms with Crippen molar-refractivity contribution in [1.82, 2.24) is 4.98 Å². The molecule has 3 atom stereocenters. The van der Waals surface area contributed by atoms with E-state index in [4.69, 9.17) is 4.98 Å². The molecule has 0 bridgehead atoms. The molecule has 1 aliphatic heterocycles. The van der Waals surface area contributed by atoms with Crippen LogP contribution in [0.15, 0.2) is 0 Å². The summed E-state index contributed by atoms with van der Waals surface area (Å²) in [5.41, 5.74) is 1.18. The molecule has 3 nitrogen and oxygen atoms in total. The molecule has 19 heavy (non-hydrogen) atoms. The number of hydrogen-bond acceptors (Lipinski definition) is 4. The van der Waals surface area contributed by atoms with Gasteiger partial charge in [0.25, 0.3) is 0 Å². The van der Waals surface area contributed by atoms with Crippen LogP contribution in [0.3, 0.4) is 0 Å². The van der Waals surface area contributed by atoms with E-state index in [9.17, 15) is 5.11 Å². The lowest BCUT2D eigenvalue weighted by molar-refractivity contribution is 0.284. The summed E-state index contributed by atoms with van der Waals surface area (Å²) in [6, 6.07) is 0.556. The molecule has 2 heterocycles. The van der Waals surface area contributed by atoms with Crippen LogP contribution in [-0.2, 0) is 6.61 Å². The highest BCUT2D eigenvalue weighted by molar-refractivity contribution is 7.15. The number of anilines is 1. The lowest BCUT2D eigenvalue weighted by Crippen LogP contribution is -2.45. The van der Waals surface area contributed by atoms with E-state index >= 15 is 0 Å². The molecule has 2 aliphatic rings. The predicted molar refractivity (Wildman–Crippen MR) is 79.8 cm³/mol. The number of nitrogens with zero attached hydrogens (tertiary/aromatic N) is 2. The molecule has 0 radical (unpaired) electrons. The van der Waals surface area contributed by atoms with Gasteiger partial charge in [0.1, 0.15) is 0 Å². The molecule has 1 aliphatic carbocycles. The minimum absolute atomic E-state index is 0.150. The minimum Gasteiger partial charge on any atom is -0.391 e. The van der Waals surface area contributed by atoms with Gasteiger partial charge in [0.2, 0.25) is 0 Å². The van der Waals surface area contributed by atoms with Gasteiger partial charge in [0.05, 0.1) is 17.2 Å². The van der Waals surface area contributed by atoms with Gasteiger partial charge >= 0.3 is 0 Å². The minimum atomic E-state index is 0.150. The average molecular weight is 280 g/mol. The van der Waals surface area contributed by atoms with Crippen molar-refractivity contribution in [3.63, 3.8) is 0 Å². The summed E-state index contributed by atoms with van der Waals surface area (Å²) in [4.78, 5) is 8.43. The van der Waals surface area contributed by atoms with E-state index in [1.807, 2.05) is 0 Å². The summed E-state index contributed by atoms with van der Waals surface area (Å²) < 4.78 is 0. The fourth-order valence-electron chi connectivity index (χ4n) is 3.23. The topological polar surface area (TPSA) is 36.4 Å². The smallest absolute Gasteiger partial charge is 0.186 e. The molecular formula is C15H24N2OS. The van der Waals surface area contributed by atoms with Gasteiger partial charge < -0.3 is 10.0 Å². The summed E-state index contributed by atoms with van der Waals surface area (Å²) in [5.74, 6) is 2.08. The Morgan fingerprint density at radius 2 is 2.05 bits per heavy atom. The lowest BCUT2D eigenvalue weighted by Gasteiger charge is -2.41. The quantitative estimate of drug-likeness (QED) is 0.922. The van der Waals surface area contributed by atoms with Gasteiger partial charge in [-0.05, 0) is 38.0 Å². The van der Waals surface area contributed by atoms with Crippen molar-refractivity contribution >= 4 is 16.5 Å². The first-order valence-corrected chi connectivity index (χ1v) is 8.29. The van der Waals surface area contributed by atoms with Crippen molar-refractivity contribution in [2.45, 2.75) is 58.6 Å². The van der Waals surface area contributed by atoms with E-state index in [0.29, 0.717) is 12.0 Å². The Morgan fingerprint density at radius 3 is 2.68 bits per heavy atom. The van der Waals surface area contributed by atoms with Crippen LogP contribution in [0, 0.1) is 11.8 Å². The molecule has 0 amide bonds. The van der Waals surface area contributed by atoms with Crippen LogP contribution >= 0.6 is 11.3 Å². The van der Waals surface area contributed by atoms with E-state index in [1.54, 1.807) is 11.3 Å². The second-order valence-corrected chi connectivity index (χ2v) is 7.51. The summed E-state index contributed by atoms with van der Waals surface area (Å²) in [5, 5.41) is 10.7. The number of aromatic nitrogens is 1. The standard InChI is InChI=1S/C15H24N2OS/c1-9-6-10(2)11(3)17(7-9)15-16-14(12-4-5-12)13(8-18)19-15/h9-12,18H,4-8H2,1-3H3. The van der Waals surface area contributed by atoms with Crippen molar-refractivity contribution in [2.24, 2.45) is 11.8 Å². The third-order valence-corrected chi connectivity index (χ3v) is 5.76. The zero-order valence-electron chi connectivity index (χ0n) is 12.1. The third kappa shape index (κ3) is 2.52. The third-order valence-electron chi connectivity index (χ3n) is 4.67. The van der Waals surface area contributed by atoms with Crippen LogP contribution in [0.1, 0.15) is 56.5 Å². The van der Waals surface area contributed by atoms with E-state index in [2.05, 4.69) is 25.7 Å². The molecule has 1 aromatic heterocycles. The number of aliphatic hydroxyl groups is 1. The van der Waals surface area contributed by atoms with Gasteiger partial charge in [-0.1, -0.05) is 25.2 Å². The monoisotopic (exact) mass is 280 g/mol. The number of piperidine rings is 1. The molecule has 2 fully saturated rings. The maximum atomic E-state index is 9.53. The zero-order valence-corrected chi connectivity index (χ0v) is 12.9. The van der Waals surface area contributed by atoms with Gasteiger partial charge in [-0.25, -0.2) is 4.98 Å². The molecule has 1 N–H and O–H groups in total. The Balaban J connectivity index is 1.88. The van der Waals surface area contributed by atoms with Crippen LogP contribution in [0.4, 0.5) is 5.13 Å². The van der Waals surface area contributed by atoms with E-state index in [0.717, 1.165) is 28.4 Å². The first kappa shape index (κ1) is 13.4. The molecule has 1 saturated heterocycles. The Morgan fingerprint density at radius 1 is 1.32 bits per heavy atom. The fourth-order valence-corrected chi connectivity index (χ4v) is 4.33. The first-order chi connectivity index (χ1) is 9.10. The van der Waals surface area contributed by atoms with Gasteiger partial charge in [-0.15, -0.1) is 0 Å². The summed E-state index contributed by atoms with van der Waals surface area (Å²) >= 11 is 1.71. The molecule has 3 unspecified atom stereocenters. The van der Waals surface area contributed by atoms with Gasteiger partial charge in [0, 0.05) is 18.5 Å². The van der Waals surface area contributed by atoms with Crippen LogP contribution < -0.4 is 4.90 Å². The van der Waals surface area contributed by atoms with Crippen molar-refractivity contribution < 1.29 is 5.11 Å². The molecule has 0 aromatic carbocycles. The molecule has 4 heteroatoms. The van der Waals surface area contributed by atoms with Crippen molar-refractivity contribution in [3.8, 4) is 0 Å². The van der Waals surface area contributed by atoms with E-state index < -0.39 is 0 Å². The Bertz CT molecular complexity index is 455. The van der Waals surface area contributed by atoms with E-state index in [1.165, 1.54) is 25.0 Å². The van der Waals surface area contributed by atoms with Crippen LogP contribution in [0.5, 0.6) is 0 Å². The molecular weight excluding hydrogens is 256 g/mol. The summed E-state index contributed by atoms with van der Waals surface area (Å²) in [7, 11) is 0. The first-order valence-electron chi connectivity index (χ1n) is 7.47. The van der Waals surface area contributed by atoms with Gasteiger partial charge in [-0.2, -0.15) is 0 Å². The lowest BCUT2D eigenvalue weighted by atomic mass is 9.86. The molecule has 1 saturated carbocycles. The molecule has 3 rings (SSSR count). The predicted octanol–water partition coefficient (Wildman–Crippen LogP) is 3.38. The fraction of sp³-hybridized carbons (Fsp3) is 0.800. The largest absolute Gasteiger partial charge is 0.391 e. The maximum Gasteiger partial charge on any atom is 0.186 e. The van der Waals surface area contributed by atoms with Crippen molar-refractivity contribution in [3.05, 3.63) is 10.6 Å². The Labute approximate surface area is 119 Å². The van der Waals surface area contributed by atoms with Crippen LogP contribution in [0.25, 0.3) is 0 Å². The number of rotatable bonds is 3. The van der Waals surface area contributed by atoms with Crippen LogP contribution in [0.2, 0.25) is 0 Å². The number of hydrogen-bond donors (Lipinski definition) is 1. The second kappa shape index (κ2) is 5.06. The number of thiazole rings is 1. The maximum absolute atomic E-state index is 9.53. The Kier molecular flexibility index (Phi) is 3.56. The summed E-state index contributed by atoms with van der Waals surface area (Å²) in [6.07, 6.45) is 3.81. The van der Waals surface area contributed by atoms with Crippen LogP contribution in [-0.4, -0.2) is 22.7 Å². The van der Waals surface area contributed by atoms with Crippen molar-refractivity contribution in [1.29, 1.82) is 0 Å². The highest BCUT2D eigenvalue weighted by atomic mass is 32.1. The highest BCUT2D eigenvalue weighted by Gasteiger charge is 2.34. The number of aliphatic hydroxyl groups excluding tert-OH is 1. The Hall–Kier alpha value is -0.610. The SMILES string of the molecule is CC1CC(C)C(C)N(c2nc(C3CC3)c(CO)s2)C1. The normalized spacial score (nSPS) is 31.8.